The van der Waals surface area contributed by atoms with Gasteiger partial charge in [0.1, 0.15) is 11.9 Å². The van der Waals surface area contributed by atoms with Crippen molar-refractivity contribution in [2.75, 3.05) is 19.7 Å². The predicted octanol–water partition coefficient (Wildman–Crippen LogP) is 1.04. The van der Waals surface area contributed by atoms with E-state index in [2.05, 4.69) is 15.8 Å². The first-order valence-corrected chi connectivity index (χ1v) is 8.76. The molecule has 2 fully saturated rings. The molecule has 24 heavy (non-hydrogen) atoms. The van der Waals surface area contributed by atoms with Crippen molar-refractivity contribution < 1.29 is 19.2 Å². The molecule has 0 aliphatic carbocycles. The Morgan fingerprint density at radius 2 is 2.25 bits per heavy atom. The number of nitrogens with one attached hydrogen (secondary N) is 2. The highest BCUT2D eigenvalue weighted by Crippen LogP contribution is 2.38. The first kappa shape index (κ1) is 17.7. The minimum Gasteiger partial charge on any atom is -0.388 e. The van der Waals surface area contributed by atoms with Crippen LogP contribution in [-0.4, -0.2) is 53.1 Å². The molecule has 0 radical (unpaired) electrons. The largest absolute Gasteiger partial charge is 0.388 e. The zero-order valence-electron chi connectivity index (χ0n) is 13.8. The molecular formula is C16H24ClN3O4. The van der Waals surface area contributed by atoms with E-state index in [9.17, 15) is 9.90 Å². The maximum absolute atomic E-state index is 12.3. The molecule has 2 atom stereocenters. The zero-order chi connectivity index (χ0) is 17.2. The molecule has 2 aliphatic heterocycles. The standard InChI is InChI=1S/C16H24ClN3O4/c1-15(19-13(21)3-2-11-10-12(17)20-24-11)6-9-23-16(14(15)22)4-7-18-8-5-16/h10,14,18,22H,2-9H2,1H3,(H,19,21)/t14-,15+/m0/s1. The lowest BCUT2D eigenvalue weighted by Crippen LogP contribution is -2.69. The summed E-state index contributed by atoms with van der Waals surface area (Å²) in [4.78, 5) is 12.3. The maximum atomic E-state index is 12.3. The van der Waals surface area contributed by atoms with Gasteiger partial charge in [-0.3, -0.25) is 4.79 Å². The van der Waals surface area contributed by atoms with E-state index < -0.39 is 17.2 Å². The molecular weight excluding hydrogens is 334 g/mol. The van der Waals surface area contributed by atoms with Gasteiger partial charge in [0.2, 0.25) is 5.91 Å². The number of aromatic nitrogens is 1. The van der Waals surface area contributed by atoms with E-state index in [4.69, 9.17) is 20.9 Å². The Kier molecular flexibility index (Phi) is 5.15. The van der Waals surface area contributed by atoms with Gasteiger partial charge >= 0.3 is 0 Å². The highest BCUT2D eigenvalue weighted by atomic mass is 35.5. The Morgan fingerprint density at radius 3 is 2.92 bits per heavy atom. The Morgan fingerprint density at radius 1 is 1.50 bits per heavy atom. The van der Waals surface area contributed by atoms with Crippen LogP contribution in [0.2, 0.25) is 5.15 Å². The second-order valence-corrected chi connectivity index (χ2v) is 7.28. The summed E-state index contributed by atoms with van der Waals surface area (Å²) in [6.07, 6.45) is 2.02. The highest BCUT2D eigenvalue weighted by Gasteiger charge is 2.52. The average Bonchev–Trinajstić information content (AvgIpc) is 2.97. The van der Waals surface area contributed by atoms with Crippen LogP contribution in [0, 0.1) is 0 Å². The van der Waals surface area contributed by atoms with Crippen molar-refractivity contribution in [2.24, 2.45) is 0 Å². The Bertz CT molecular complexity index is 582. The van der Waals surface area contributed by atoms with Gasteiger partial charge in [-0.15, -0.1) is 0 Å². The van der Waals surface area contributed by atoms with Crippen LogP contribution in [0.25, 0.3) is 0 Å². The summed E-state index contributed by atoms with van der Waals surface area (Å²) in [7, 11) is 0. The lowest BCUT2D eigenvalue weighted by atomic mass is 9.73. The molecule has 0 aromatic carbocycles. The van der Waals surface area contributed by atoms with Crippen LogP contribution >= 0.6 is 11.6 Å². The molecule has 1 aromatic heterocycles. The Labute approximate surface area is 146 Å². The van der Waals surface area contributed by atoms with Crippen molar-refractivity contribution in [2.45, 2.75) is 56.3 Å². The molecule has 3 heterocycles. The summed E-state index contributed by atoms with van der Waals surface area (Å²) in [5.41, 5.74) is -1.25. The van der Waals surface area contributed by atoms with Crippen LogP contribution < -0.4 is 10.6 Å². The van der Waals surface area contributed by atoms with E-state index >= 15 is 0 Å². The van der Waals surface area contributed by atoms with Gasteiger partial charge in [0.25, 0.3) is 0 Å². The number of piperidine rings is 1. The summed E-state index contributed by atoms with van der Waals surface area (Å²) < 4.78 is 11.0. The summed E-state index contributed by atoms with van der Waals surface area (Å²) in [6.45, 7) is 4.05. The lowest BCUT2D eigenvalue weighted by molar-refractivity contribution is -0.200. The van der Waals surface area contributed by atoms with E-state index in [-0.39, 0.29) is 17.5 Å². The number of halogens is 1. The van der Waals surface area contributed by atoms with Gasteiger partial charge in [0.05, 0.1) is 11.1 Å². The summed E-state index contributed by atoms with van der Waals surface area (Å²) >= 11 is 5.70. The number of carbonyl (C=O) groups excluding carboxylic acids is 1. The minimum atomic E-state index is -0.732. The quantitative estimate of drug-likeness (QED) is 0.745. The topological polar surface area (TPSA) is 96.6 Å². The molecule has 134 valence electrons. The lowest BCUT2D eigenvalue weighted by Gasteiger charge is -2.52. The summed E-state index contributed by atoms with van der Waals surface area (Å²) in [5, 5.41) is 21.1. The van der Waals surface area contributed by atoms with Crippen LogP contribution in [0.15, 0.2) is 10.6 Å². The number of rotatable bonds is 4. The van der Waals surface area contributed by atoms with Gasteiger partial charge in [-0.2, -0.15) is 0 Å². The van der Waals surface area contributed by atoms with Gasteiger partial charge in [-0.05, 0) is 39.3 Å². The number of hydrogen-bond acceptors (Lipinski definition) is 6. The monoisotopic (exact) mass is 357 g/mol. The molecule has 1 spiro atoms. The predicted molar refractivity (Wildman–Crippen MR) is 87.8 cm³/mol. The summed E-state index contributed by atoms with van der Waals surface area (Å²) in [6, 6.07) is 1.60. The SMILES string of the molecule is C[C@@]1(NC(=O)CCc2cc(Cl)no2)CCOC2(CCNCC2)[C@H]1O. The molecule has 1 aromatic rings. The van der Waals surface area contributed by atoms with Crippen LogP contribution in [0.4, 0.5) is 0 Å². The van der Waals surface area contributed by atoms with E-state index in [0.29, 0.717) is 25.2 Å². The van der Waals surface area contributed by atoms with Crippen molar-refractivity contribution in [3.05, 3.63) is 17.0 Å². The number of nitrogens with zero attached hydrogens (tertiary/aromatic N) is 1. The fraction of sp³-hybridized carbons (Fsp3) is 0.750. The number of hydrogen-bond donors (Lipinski definition) is 3. The van der Waals surface area contributed by atoms with Gasteiger partial charge in [0.15, 0.2) is 5.15 Å². The van der Waals surface area contributed by atoms with Crippen molar-refractivity contribution in [3.63, 3.8) is 0 Å². The average molecular weight is 358 g/mol. The van der Waals surface area contributed by atoms with E-state index in [0.717, 1.165) is 25.9 Å². The number of amides is 1. The van der Waals surface area contributed by atoms with Crippen molar-refractivity contribution >= 4 is 17.5 Å². The van der Waals surface area contributed by atoms with E-state index in [1.807, 2.05) is 6.92 Å². The summed E-state index contributed by atoms with van der Waals surface area (Å²) in [5.74, 6) is 0.442. The third kappa shape index (κ3) is 3.59. The number of ether oxygens (including phenoxy) is 1. The first-order chi connectivity index (χ1) is 11.4. The van der Waals surface area contributed by atoms with Crippen LogP contribution in [0.1, 0.15) is 38.4 Å². The normalized spacial score (nSPS) is 29.5. The second kappa shape index (κ2) is 7.00. The Balaban J connectivity index is 1.60. The molecule has 0 unspecified atom stereocenters. The van der Waals surface area contributed by atoms with E-state index in [1.165, 1.54) is 0 Å². The highest BCUT2D eigenvalue weighted by molar-refractivity contribution is 6.29. The molecule has 2 saturated heterocycles. The van der Waals surface area contributed by atoms with Gasteiger partial charge in [0, 0.05) is 25.5 Å². The molecule has 0 bridgehead atoms. The van der Waals surface area contributed by atoms with Gasteiger partial charge < -0.3 is 25.0 Å². The number of aliphatic hydroxyl groups is 1. The zero-order valence-corrected chi connectivity index (χ0v) is 14.6. The molecule has 8 heteroatoms. The molecule has 3 N–H and O–H groups in total. The van der Waals surface area contributed by atoms with Crippen molar-refractivity contribution in [3.8, 4) is 0 Å². The van der Waals surface area contributed by atoms with Crippen LogP contribution in [0.3, 0.4) is 0 Å². The molecule has 2 aliphatic rings. The van der Waals surface area contributed by atoms with Gasteiger partial charge in [-0.1, -0.05) is 16.8 Å². The van der Waals surface area contributed by atoms with Crippen LogP contribution in [0.5, 0.6) is 0 Å². The first-order valence-electron chi connectivity index (χ1n) is 8.38. The number of carbonyl (C=O) groups is 1. The fourth-order valence-electron chi connectivity index (χ4n) is 3.68. The van der Waals surface area contributed by atoms with Crippen molar-refractivity contribution in [1.29, 1.82) is 0 Å². The maximum Gasteiger partial charge on any atom is 0.220 e. The van der Waals surface area contributed by atoms with E-state index in [1.54, 1.807) is 6.07 Å². The third-order valence-corrected chi connectivity index (χ3v) is 5.29. The molecule has 1 amide bonds. The number of aryl methyl sites for hydroxylation is 1. The fourth-order valence-corrected chi connectivity index (χ4v) is 3.84. The number of aliphatic hydroxyl groups excluding tert-OH is 1. The van der Waals surface area contributed by atoms with Crippen LogP contribution in [-0.2, 0) is 16.0 Å². The van der Waals surface area contributed by atoms with Gasteiger partial charge in [-0.25, -0.2) is 0 Å². The second-order valence-electron chi connectivity index (χ2n) is 6.90. The smallest absolute Gasteiger partial charge is 0.220 e. The third-order valence-electron chi connectivity index (χ3n) is 5.12. The minimum absolute atomic E-state index is 0.130. The van der Waals surface area contributed by atoms with Crippen molar-refractivity contribution in [1.82, 2.24) is 15.8 Å². The molecule has 0 saturated carbocycles. The molecule has 3 rings (SSSR count). The Hall–Kier alpha value is -1.15. The molecule has 7 nitrogen and oxygen atoms in total.